The van der Waals surface area contributed by atoms with Crippen LogP contribution < -0.4 is 0 Å². The van der Waals surface area contributed by atoms with Crippen molar-refractivity contribution < 1.29 is 4.74 Å². The fourth-order valence-electron chi connectivity index (χ4n) is 4.34. The lowest BCUT2D eigenvalue weighted by Crippen LogP contribution is -2.63. The van der Waals surface area contributed by atoms with E-state index in [9.17, 15) is 0 Å². The third kappa shape index (κ3) is 2.02. The number of nitrogens with zero attached hydrogens (tertiary/aromatic N) is 1. The summed E-state index contributed by atoms with van der Waals surface area (Å²) in [6.07, 6.45) is 2.66. The number of fused-ring (bicyclic) bond motifs is 2. The van der Waals surface area contributed by atoms with Gasteiger partial charge in [-0.15, -0.1) is 11.8 Å². The highest BCUT2D eigenvalue weighted by atomic mass is 32.2. The Morgan fingerprint density at radius 1 is 1.20 bits per heavy atom. The van der Waals surface area contributed by atoms with E-state index in [4.69, 9.17) is 4.74 Å². The van der Waals surface area contributed by atoms with Gasteiger partial charge in [-0.3, -0.25) is 0 Å². The molecule has 1 aromatic carbocycles. The smallest absolute Gasteiger partial charge is 0.0962 e. The number of hydrogen-bond donors (Lipinski definition) is 0. The molecule has 108 valence electrons. The van der Waals surface area contributed by atoms with Crippen LogP contribution in [0, 0.1) is 11.8 Å². The van der Waals surface area contributed by atoms with E-state index in [0.717, 1.165) is 19.1 Å². The molecule has 4 saturated heterocycles. The highest BCUT2D eigenvalue weighted by molar-refractivity contribution is 8.00. The number of piperidine rings is 3. The third-order valence-electron chi connectivity index (χ3n) is 5.37. The molecule has 0 radical (unpaired) electrons. The van der Waals surface area contributed by atoms with Gasteiger partial charge in [-0.2, -0.15) is 0 Å². The van der Waals surface area contributed by atoms with Crippen LogP contribution in [0.1, 0.15) is 19.8 Å². The van der Waals surface area contributed by atoms with E-state index in [1.54, 1.807) is 0 Å². The first kappa shape index (κ1) is 13.2. The fourth-order valence-corrected chi connectivity index (χ4v) is 5.80. The van der Waals surface area contributed by atoms with Crippen molar-refractivity contribution in [2.45, 2.75) is 35.5 Å². The van der Waals surface area contributed by atoms with Crippen molar-refractivity contribution in [3.8, 4) is 0 Å². The van der Waals surface area contributed by atoms with Gasteiger partial charge in [0.05, 0.1) is 12.2 Å². The first-order valence-corrected chi connectivity index (χ1v) is 8.74. The number of hydrogen-bond acceptors (Lipinski definition) is 3. The summed E-state index contributed by atoms with van der Waals surface area (Å²) in [7, 11) is 0. The van der Waals surface area contributed by atoms with Crippen LogP contribution in [0.5, 0.6) is 0 Å². The molecule has 0 aliphatic carbocycles. The summed E-state index contributed by atoms with van der Waals surface area (Å²) in [5.41, 5.74) is 0.121. The van der Waals surface area contributed by atoms with Crippen LogP contribution in [-0.2, 0) is 4.74 Å². The zero-order chi connectivity index (χ0) is 13.6. The second-order valence-electron chi connectivity index (χ2n) is 6.65. The Balaban J connectivity index is 1.62. The average molecular weight is 289 g/mol. The van der Waals surface area contributed by atoms with E-state index in [-0.39, 0.29) is 5.60 Å². The largest absolute Gasteiger partial charge is 0.372 e. The standard InChI is InChI=1S/C17H23NOS/c1-13-11-19-17(12-18-9-7-14(17)8-10-18)16(13)20-15-5-3-2-4-6-15/h2-6,13-14,16H,7-12H2,1H3/t13-,16+,17+/m0/s1. The minimum Gasteiger partial charge on any atom is -0.372 e. The molecule has 0 saturated carbocycles. The molecule has 4 heterocycles. The molecule has 1 aromatic rings. The highest BCUT2D eigenvalue weighted by Crippen LogP contribution is 2.51. The monoisotopic (exact) mass is 289 g/mol. The van der Waals surface area contributed by atoms with E-state index in [2.05, 4.69) is 53.9 Å². The molecule has 3 atom stereocenters. The van der Waals surface area contributed by atoms with Crippen LogP contribution in [-0.4, -0.2) is 42.0 Å². The SMILES string of the molecule is C[C@H]1CO[C@@]2(CN3CCC2CC3)[C@@H]1Sc1ccccc1. The summed E-state index contributed by atoms with van der Waals surface area (Å²) in [5, 5.41) is 0.609. The fraction of sp³-hybridized carbons (Fsp3) is 0.647. The molecule has 3 heteroatoms. The first-order chi connectivity index (χ1) is 9.78. The summed E-state index contributed by atoms with van der Waals surface area (Å²) < 4.78 is 6.45. The Labute approximate surface area is 125 Å². The van der Waals surface area contributed by atoms with Gasteiger partial charge in [-0.25, -0.2) is 0 Å². The van der Waals surface area contributed by atoms with E-state index in [0.29, 0.717) is 11.2 Å². The summed E-state index contributed by atoms with van der Waals surface area (Å²) in [6.45, 7) is 7.04. The molecule has 0 unspecified atom stereocenters. The van der Waals surface area contributed by atoms with Gasteiger partial charge < -0.3 is 9.64 Å². The van der Waals surface area contributed by atoms with Gasteiger partial charge in [-0.1, -0.05) is 25.1 Å². The molecular weight excluding hydrogens is 266 g/mol. The zero-order valence-electron chi connectivity index (χ0n) is 12.1. The maximum Gasteiger partial charge on any atom is 0.0962 e. The van der Waals surface area contributed by atoms with Crippen LogP contribution in [0.3, 0.4) is 0 Å². The Kier molecular flexibility index (Phi) is 3.32. The van der Waals surface area contributed by atoms with E-state index in [1.165, 1.54) is 30.8 Å². The van der Waals surface area contributed by atoms with E-state index in [1.807, 2.05) is 0 Å². The number of benzene rings is 1. The summed E-state index contributed by atoms with van der Waals surface area (Å²) in [6, 6.07) is 10.9. The lowest BCUT2D eigenvalue weighted by atomic mass is 9.72. The molecule has 0 N–H and O–H groups in total. The molecule has 4 aliphatic heterocycles. The maximum absolute atomic E-state index is 6.45. The lowest BCUT2D eigenvalue weighted by molar-refractivity contribution is -0.120. The highest BCUT2D eigenvalue weighted by Gasteiger charge is 2.57. The number of ether oxygens (including phenoxy) is 1. The van der Waals surface area contributed by atoms with Crippen LogP contribution >= 0.6 is 11.8 Å². The Morgan fingerprint density at radius 2 is 1.95 bits per heavy atom. The number of thioether (sulfide) groups is 1. The molecule has 5 rings (SSSR count). The maximum atomic E-state index is 6.45. The molecule has 2 bridgehead atoms. The van der Waals surface area contributed by atoms with Crippen molar-refractivity contribution in [1.29, 1.82) is 0 Å². The van der Waals surface area contributed by atoms with Crippen molar-refractivity contribution in [2.24, 2.45) is 11.8 Å². The second-order valence-corrected chi connectivity index (χ2v) is 7.86. The molecule has 0 aromatic heterocycles. The summed E-state index contributed by atoms with van der Waals surface area (Å²) in [5.74, 6) is 1.43. The van der Waals surface area contributed by atoms with Crippen LogP contribution in [0.15, 0.2) is 35.2 Å². The molecule has 4 aliphatic rings. The van der Waals surface area contributed by atoms with Crippen molar-refractivity contribution in [1.82, 2.24) is 4.90 Å². The quantitative estimate of drug-likeness (QED) is 0.829. The van der Waals surface area contributed by atoms with Crippen LogP contribution in [0.4, 0.5) is 0 Å². The molecule has 2 nitrogen and oxygen atoms in total. The topological polar surface area (TPSA) is 12.5 Å². The molecular formula is C17H23NOS. The predicted molar refractivity (Wildman–Crippen MR) is 83.1 cm³/mol. The molecule has 0 amide bonds. The van der Waals surface area contributed by atoms with Crippen molar-refractivity contribution in [2.75, 3.05) is 26.2 Å². The van der Waals surface area contributed by atoms with Gasteiger partial charge in [0.2, 0.25) is 0 Å². The predicted octanol–water partition coefficient (Wildman–Crippen LogP) is 3.28. The summed E-state index contributed by atoms with van der Waals surface area (Å²) >= 11 is 2.05. The van der Waals surface area contributed by atoms with Crippen molar-refractivity contribution >= 4 is 11.8 Å². The molecule has 4 fully saturated rings. The zero-order valence-corrected chi connectivity index (χ0v) is 12.9. The number of rotatable bonds is 2. The minimum atomic E-state index is 0.121. The normalized spacial score (nSPS) is 43.2. The first-order valence-electron chi connectivity index (χ1n) is 7.86. The van der Waals surface area contributed by atoms with Crippen molar-refractivity contribution in [3.63, 3.8) is 0 Å². The average Bonchev–Trinajstić information content (AvgIpc) is 2.79. The van der Waals surface area contributed by atoms with Gasteiger partial charge in [0, 0.05) is 16.7 Å². The van der Waals surface area contributed by atoms with Crippen LogP contribution in [0.2, 0.25) is 0 Å². The summed E-state index contributed by atoms with van der Waals surface area (Å²) in [4.78, 5) is 4.02. The van der Waals surface area contributed by atoms with Crippen molar-refractivity contribution in [3.05, 3.63) is 30.3 Å². The third-order valence-corrected chi connectivity index (χ3v) is 7.03. The minimum absolute atomic E-state index is 0.121. The van der Waals surface area contributed by atoms with Crippen LogP contribution in [0.25, 0.3) is 0 Å². The van der Waals surface area contributed by atoms with E-state index >= 15 is 0 Å². The Morgan fingerprint density at radius 3 is 2.60 bits per heavy atom. The Bertz CT molecular complexity index is 471. The van der Waals surface area contributed by atoms with Gasteiger partial charge >= 0.3 is 0 Å². The van der Waals surface area contributed by atoms with Gasteiger partial charge in [0.25, 0.3) is 0 Å². The lowest BCUT2D eigenvalue weighted by Gasteiger charge is -2.53. The van der Waals surface area contributed by atoms with E-state index < -0.39 is 0 Å². The van der Waals surface area contributed by atoms with Gasteiger partial charge in [0.1, 0.15) is 0 Å². The second kappa shape index (κ2) is 5.04. The van der Waals surface area contributed by atoms with Gasteiger partial charge in [0.15, 0.2) is 0 Å². The molecule has 20 heavy (non-hydrogen) atoms. The molecule has 1 spiro atoms. The Hall–Kier alpha value is -0.510. The van der Waals surface area contributed by atoms with Gasteiger partial charge in [-0.05, 0) is 49.9 Å².